The van der Waals surface area contributed by atoms with Crippen LogP contribution in [0.4, 0.5) is 0 Å². The van der Waals surface area contributed by atoms with Gasteiger partial charge in [0.1, 0.15) is 6.61 Å². The van der Waals surface area contributed by atoms with E-state index in [-0.39, 0.29) is 11.4 Å². The van der Waals surface area contributed by atoms with Crippen LogP contribution in [0.5, 0.6) is 0 Å². The summed E-state index contributed by atoms with van der Waals surface area (Å²) in [7, 11) is 0. The zero-order valence-corrected chi connectivity index (χ0v) is 11.4. The number of carboxylic acids is 1. The molecule has 0 saturated carbocycles. The van der Waals surface area contributed by atoms with E-state index in [2.05, 4.69) is 5.16 Å². The Balaban J connectivity index is 1.92. The monoisotopic (exact) mass is 284 g/mol. The molecular weight excluding hydrogens is 268 g/mol. The van der Waals surface area contributed by atoms with Gasteiger partial charge < -0.3 is 15.7 Å². The van der Waals surface area contributed by atoms with Crippen molar-refractivity contribution in [1.82, 2.24) is 0 Å². The summed E-state index contributed by atoms with van der Waals surface area (Å²) in [4.78, 5) is 16.1. The van der Waals surface area contributed by atoms with Crippen LogP contribution >= 0.6 is 0 Å². The van der Waals surface area contributed by atoms with Gasteiger partial charge in [-0.2, -0.15) is 0 Å². The molecule has 0 atom stereocenters. The van der Waals surface area contributed by atoms with Gasteiger partial charge in [0, 0.05) is 12.0 Å². The number of aromatic carboxylic acids is 1. The van der Waals surface area contributed by atoms with Gasteiger partial charge in [-0.15, -0.1) is 0 Å². The Morgan fingerprint density at radius 3 is 2.52 bits per heavy atom. The molecule has 0 spiro atoms. The molecule has 0 bridgehead atoms. The first-order valence-electron chi connectivity index (χ1n) is 6.50. The van der Waals surface area contributed by atoms with Crippen molar-refractivity contribution < 1.29 is 14.7 Å². The fourth-order valence-corrected chi connectivity index (χ4v) is 1.79. The molecule has 21 heavy (non-hydrogen) atoms. The van der Waals surface area contributed by atoms with Crippen LogP contribution in [-0.4, -0.2) is 23.5 Å². The van der Waals surface area contributed by atoms with E-state index < -0.39 is 5.97 Å². The molecule has 2 aromatic rings. The minimum Gasteiger partial charge on any atom is -0.478 e. The van der Waals surface area contributed by atoms with Crippen LogP contribution in [0.3, 0.4) is 0 Å². The maximum atomic E-state index is 10.9. The van der Waals surface area contributed by atoms with Gasteiger partial charge in [0.05, 0.1) is 5.56 Å². The first kappa shape index (κ1) is 14.6. The number of hydrogen-bond donors (Lipinski definition) is 2. The van der Waals surface area contributed by atoms with Crippen molar-refractivity contribution >= 4 is 11.8 Å². The summed E-state index contributed by atoms with van der Waals surface area (Å²) in [6.07, 6.45) is 0.729. The minimum absolute atomic E-state index is 0.158. The fraction of sp³-hybridized carbons (Fsp3) is 0.125. The topological polar surface area (TPSA) is 84.9 Å². The maximum absolute atomic E-state index is 10.9. The highest BCUT2D eigenvalue weighted by Gasteiger charge is 2.05. The van der Waals surface area contributed by atoms with Crippen LogP contribution in [0.1, 0.15) is 21.5 Å². The molecule has 0 heterocycles. The van der Waals surface area contributed by atoms with Crippen molar-refractivity contribution in [2.45, 2.75) is 6.42 Å². The molecule has 2 aromatic carbocycles. The highest BCUT2D eigenvalue weighted by Crippen LogP contribution is 2.05. The molecule has 0 radical (unpaired) electrons. The smallest absolute Gasteiger partial charge is 0.335 e. The van der Waals surface area contributed by atoms with Crippen molar-refractivity contribution in [3.63, 3.8) is 0 Å². The zero-order valence-electron chi connectivity index (χ0n) is 11.4. The van der Waals surface area contributed by atoms with Gasteiger partial charge in [-0.25, -0.2) is 4.79 Å². The molecule has 0 aliphatic carbocycles. The Labute approximate surface area is 122 Å². The lowest BCUT2D eigenvalue weighted by atomic mass is 10.1. The number of carbonyl (C=O) groups is 1. The average molecular weight is 284 g/mol. The van der Waals surface area contributed by atoms with Crippen molar-refractivity contribution in [1.29, 1.82) is 0 Å². The van der Waals surface area contributed by atoms with E-state index in [1.54, 1.807) is 12.1 Å². The van der Waals surface area contributed by atoms with Crippen LogP contribution in [-0.2, 0) is 11.3 Å². The third-order valence-electron chi connectivity index (χ3n) is 2.89. The Kier molecular flexibility index (Phi) is 4.93. The van der Waals surface area contributed by atoms with Crippen molar-refractivity contribution in [2.24, 2.45) is 10.9 Å². The number of oxime groups is 1. The van der Waals surface area contributed by atoms with Crippen LogP contribution in [0.15, 0.2) is 59.8 Å². The lowest BCUT2D eigenvalue weighted by molar-refractivity contribution is 0.0697. The van der Waals surface area contributed by atoms with Gasteiger partial charge in [-0.05, 0) is 17.7 Å². The number of hydrogen-bond acceptors (Lipinski definition) is 3. The second kappa shape index (κ2) is 7.09. The molecule has 108 valence electrons. The van der Waals surface area contributed by atoms with E-state index >= 15 is 0 Å². The third-order valence-corrected chi connectivity index (χ3v) is 2.89. The van der Waals surface area contributed by atoms with Gasteiger partial charge in [0.2, 0.25) is 0 Å². The van der Waals surface area contributed by atoms with E-state index in [1.807, 2.05) is 30.3 Å². The average Bonchev–Trinajstić information content (AvgIpc) is 2.52. The molecule has 0 aromatic heterocycles. The minimum atomic E-state index is -1.00. The predicted octanol–water partition coefficient (Wildman–Crippen LogP) is 2.26. The molecule has 5 nitrogen and oxygen atoms in total. The van der Waals surface area contributed by atoms with Gasteiger partial charge in [-0.3, -0.25) is 0 Å². The number of nitrogens with zero attached hydrogens (tertiary/aromatic N) is 1. The maximum Gasteiger partial charge on any atom is 0.335 e. The quantitative estimate of drug-likeness (QED) is 0.369. The largest absolute Gasteiger partial charge is 0.478 e. The first-order chi connectivity index (χ1) is 10.2. The molecule has 0 fully saturated rings. The van der Waals surface area contributed by atoms with Gasteiger partial charge in [-0.1, -0.05) is 47.6 Å². The highest BCUT2D eigenvalue weighted by atomic mass is 16.6. The highest BCUT2D eigenvalue weighted by molar-refractivity contribution is 5.99. The number of amidine groups is 1. The molecule has 0 amide bonds. The summed E-state index contributed by atoms with van der Waals surface area (Å²) in [5.41, 5.74) is 7.61. The Bertz CT molecular complexity index is 639. The summed E-state index contributed by atoms with van der Waals surface area (Å²) in [5.74, 6) is -0.846. The lowest BCUT2D eigenvalue weighted by Gasteiger charge is -2.03. The molecule has 5 heteroatoms. The van der Waals surface area contributed by atoms with Crippen molar-refractivity contribution in [3.05, 3.63) is 71.3 Å². The Hall–Kier alpha value is -2.82. The van der Waals surface area contributed by atoms with E-state index in [1.165, 1.54) is 12.1 Å². The normalized spacial score (nSPS) is 11.1. The van der Waals surface area contributed by atoms with Crippen LogP contribution < -0.4 is 5.73 Å². The lowest BCUT2D eigenvalue weighted by Crippen LogP contribution is -2.15. The molecule has 0 aliphatic rings. The number of nitrogens with two attached hydrogens (primary N) is 1. The van der Waals surface area contributed by atoms with Crippen LogP contribution in [0.2, 0.25) is 0 Å². The molecule has 2 rings (SSSR count). The van der Waals surface area contributed by atoms with Crippen LogP contribution in [0, 0.1) is 0 Å². The van der Waals surface area contributed by atoms with Crippen LogP contribution in [0.25, 0.3) is 0 Å². The van der Waals surface area contributed by atoms with E-state index in [9.17, 15) is 4.79 Å². The third kappa shape index (κ3) is 4.35. The summed E-state index contributed by atoms with van der Waals surface area (Å²) in [6, 6.07) is 16.2. The SMILES string of the molecule is N/C(=N\OCCc1ccccc1)c1cccc(C(=O)O)c1. The molecule has 0 aliphatic heterocycles. The van der Waals surface area contributed by atoms with Gasteiger partial charge in [0.25, 0.3) is 0 Å². The second-order valence-electron chi connectivity index (χ2n) is 4.43. The molecular formula is C16H16N2O3. The van der Waals surface area contributed by atoms with E-state index in [0.717, 1.165) is 12.0 Å². The second-order valence-corrected chi connectivity index (χ2v) is 4.43. The van der Waals surface area contributed by atoms with E-state index in [0.29, 0.717) is 12.2 Å². The summed E-state index contributed by atoms with van der Waals surface area (Å²) in [5, 5.41) is 12.7. The van der Waals surface area contributed by atoms with Gasteiger partial charge in [0.15, 0.2) is 5.84 Å². The van der Waals surface area contributed by atoms with E-state index in [4.69, 9.17) is 15.7 Å². The van der Waals surface area contributed by atoms with Crippen molar-refractivity contribution in [3.8, 4) is 0 Å². The predicted molar refractivity (Wildman–Crippen MR) is 80.2 cm³/mol. The fourth-order valence-electron chi connectivity index (χ4n) is 1.79. The summed E-state index contributed by atoms with van der Waals surface area (Å²) in [6.45, 7) is 0.406. The number of benzene rings is 2. The number of carboxylic acid groups (broad SMARTS) is 1. The number of rotatable bonds is 6. The summed E-state index contributed by atoms with van der Waals surface area (Å²) < 4.78 is 0. The van der Waals surface area contributed by atoms with Crippen molar-refractivity contribution in [2.75, 3.05) is 6.61 Å². The molecule has 3 N–H and O–H groups in total. The Morgan fingerprint density at radius 2 is 1.81 bits per heavy atom. The first-order valence-corrected chi connectivity index (χ1v) is 6.50. The summed E-state index contributed by atoms with van der Waals surface area (Å²) >= 11 is 0. The Morgan fingerprint density at radius 1 is 1.10 bits per heavy atom. The van der Waals surface area contributed by atoms with Gasteiger partial charge >= 0.3 is 5.97 Å². The molecule has 0 saturated heterocycles. The molecule has 0 unspecified atom stereocenters. The standard InChI is InChI=1S/C16H16N2O3/c17-15(13-7-4-8-14(11-13)16(19)20)18-21-10-9-12-5-2-1-3-6-12/h1-8,11H,9-10H2,(H2,17,18)(H,19,20). The zero-order chi connectivity index (χ0) is 15.1.